The van der Waals surface area contributed by atoms with Crippen molar-refractivity contribution in [3.8, 4) is 5.75 Å². The lowest BCUT2D eigenvalue weighted by atomic mass is 9.82. The Balaban J connectivity index is 1.55. The van der Waals surface area contributed by atoms with Crippen LogP contribution in [0.4, 0.5) is 5.69 Å². The molecule has 0 saturated carbocycles. The van der Waals surface area contributed by atoms with Crippen LogP contribution in [0.5, 0.6) is 5.75 Å². The second kappa shape index (κ2) is 9.56. The minimum absolute atomic E-state index is 0.0556. The molecule has 144 valence electrons. The Morgan fingerprint density at radius 1 is 1.11 bits per heavy atom. The fraction of sp³-hybridized carbons (Fsp3) is 0.435. The molecule has 27 heavy (non-hydrogen) atoms. The highest BCUT2D eigenvalue weighted by Gasteiger charge is 2.26. The van der Waals surface area contributed by atoms with Crippen LogP contribution in [0.3, 0.4) is 0 Å². The molecule has 1 aliphatic carbocycles. The lowest BCUT2D eigenvalue weighted by Gasteiger charge is -2.24. The van der Waals surface area contributed by atoms with Crippen molar-refractivity contribution in [2.24, 2.45) is 0 Å². The Bertz CT molecular complexity index is 738. The van der Waals surface area contributed by atoms with Gasteiger partial charge in [-0.3, -0.25) is 4.79 Å². The summed E-state index contributed by atoms with van der Waals surface area (Å²) in [5.41, 5.74) is 3.30. The maximum Gasteiger partial charge on any atom is 0.231 e. The van der Waals surface area contributed by atoms with Crippen molar-refractivity contribution < 1.29 is 9.53 Å². The molecule has 1 atom stereocenters. The van der Waals surface area contributed by atoms with Crippen LogP contribution in [0.1, 0.15) is 43.7 Å². The summed E-state index contributed by atoms with van der Waals surface area (Å²) in [6.07, 6.45) is 3.04. The van der Waals surface area contributed by atoms with Gasteiger partial charge in [-0.2, -0.15) is 0 Å². The van der Waals surface area contributed by atoms with E-state index in [-0.39, 0.29) is 11.8 Å². The van der Waals surface area contributed by atoms with E-state index < -0.39 is 0 Å². The Hall–Kier alpha value is -2.33. The van der Waals surface area contributed by atoms with Gasteiger partial charge in [0.25, 0.3) is 0 Å². The Labute approximate surface area is 162 Å². The molecule has 0 spiro atoms. The van der Waals surface area contributed by atoms with Gasteiger partial charge < -0.3 is 15.0 Å². The number of carbonyl (C=O) groups excluding carboxylic acids is 1. The van der Waals surface area contributed by atoms with E-state index in [4.69, 9.17) is 4.74 Å². The molecule has 0 saturated heterocycles. The molecule has 1 unspecified atom stereocenters. The molecule has 0 aromatic heterocycles. The number of hydrogen-bond donors (Lipinski definition) is 1. The summed E-state index contributed by atoms with van der Waals surface area (Å²) >= 11 is 0. The number of fused-ring (bicyclic) bond motifs is 1. The van der Waals surface area contributed by atoms with Crippen LogP contribution >= 0.6 is 0 Å². The van der Waals surface area contributed by atoms with Crippen LogP contribution in [0.15, 0.2) is 48.5 Å². The first-order chi connectivity index (χ1) is 13.2. The highest BCUT2D eigenvalue weighted by Crippen LogP contribution is 2.32. The number of carbonyl (C=O) groups is 1. The van der Waals surface area contributed by atoms with Crippen LogP contribution in [-0.4, -0.2) is 37.0 Å². The number of anilines is 1. The Kier molecular flexibility index (Phi) is 6.88. The van der Waals surface area contributed by atoms with Gasteiger partial charge >= 0.3 is 0 Å². The van der Waals surface area contributed by atoms with Gasteiger partial charge in [-0.15, -0.1) is 0 Å². The Morgan fingerprint density at radius 3 is 2.59 bits per heavy atom. The van der Waals surface area contributed by atoms with Crippen molar-refractivity contribution in [1.82, 2.24) is 4.90 Å². The molecule has 2 aromatic rings. The molecular weight excluding hydrogens is 336 g/mol. The summed E-state index contributed by atoms with van der Waals surface area (Å²) in [6.45, 7) is 7.99. The van der Waals surface area contributed by atoms with Gasteiger partial charge in [-0.1, -0.05) is 38.1 Å². The minimum Gasteiger partial charge on any atom is -0.492 e. The molecule has 0 fully saturated rings. The van der Waals surface area contributed by atoms with Crippen molar-refractivity contribution in [3.05, 3.63) is 59.7 Å². The fourth-order valence-corrected chi connectivity index (χ4v) is 3.72. The van der Waals surface area contributed by atoms with E-state index in [0.29, 0.717) is 6.61 Å². The predicted molar refractivity (Wildman–Crippen MR) is 110 cm³/mol. The first-order valence-corrected chi connectivity index (χ1v) is 10.0. The summed E-state index contributed by atoms with van der Waals surface area (Å²) in [5, 5.41) is 3.07. The number of rotatable bonds is 8. The van der Waals surface area contributed by atoms with Gasteiger partial charge in [-0.05, 0) is 67.7 Å². The van der Waals surface area contributed by atoms with Gasteiger partial charge in [-0.25, -0.2) is 0 Å². The van der Waals surface area contributed by atoms with Crippen LogP contribution < -0.4 is 10.1 Å². The van der Waals surface area contributed by atoms with Crippen molar-refractivity contribution in [2.75, 3.05) is 31.6 Å². The number of aryl methyl sites for hydroxylation is 1. The molecule has 3 rings (SSSR count). The van der Waals surface area contributed by atoms with Gasteiger partial charge in [0.1, 0.15) is 12.4 Å². The fourth-order valence-electron chi connectivity index (χ4n) is 3.72. The average molecular weight is 367 g/mol. The van der Waals surface area contributed by atoms with E-state index in [2.05, 4.69) is 42.3 Å². The molecule has 1 amide bonds. The molecule has 4 heteroatoms. The number of ether oxygens (including phenoxy) is 1. The average Bonchev–Trinajstić information content (AvgIpc) is 2.72. The largest absolute Gasteiger partial charge is 0.492 e. The number of likely N-dealkylation sites (N-methyl/N-ethyl adjacent to an activating group) is 1. The third-order valence-electron chi connectivity index (χ3n) is 5.38. The first kappa shape index (κ1) is 19.4. The van der Waals surface area contributed by atoms with E-state index in [9.17, 15) is 4.79 Å². The molecular formula is C23H30N2O2. The lowest BCUT2D eigenvalue weighted by molar-refractivity contribution is -0.117. The van der Waals surface area contributed by atoms with E-state index in [1.807, 2.05) is 30.3 Å². The van der Waals surface area contributed by atoms with Crippen LogP contribution in [0, 0.1) is 0 Å². The second-order valence-electron chi connectivity index (χ2n) is 7.03. The predicted octanol–water partition coefficient (Wildman–Crippen LogP) is 4.47. The molecule has 1 N–H and O–H groups in total. The molecule has 1 aliphatic rings. The molecule has 4 nitrogen and oxygen atoms in total. The zero-order valence-corrected chi connectivity index (χ0v) is 16.4. The highest BCUT2D eigenvalue weighted by molar-refractivity contribution is 5.96. The van der Waals surface area contributed by atoms with Gasteiger partial charge in [0.05, 0.1) is 5.92 Å². The normalized spacial score (nSPS) is 16.0. The lowest BCUT2D eigenvalue weighted by Crippen LogP contribution is -2.27. The third-order valence-corrected chi connectivity index (χ3v) is 5.38. The zero-order valence-electron chi connectivity index (χ0n) is 16.4. The van der Waals surface area contributed by atoms with E-state index in [0.717, 1.165) is 50.3 Å². The second-order valence-corrected chi connectivity index (χ2v) is 7.03. The monoisotopic (exact) mass is 366 g/mol. The number of nitrogens with one attached hydrogen (secondary N) is 1. The van der Waals surface area contributed by atoms with E-state index in [1.165, 1.54) is 11.1 Å². The standard InChI is InChI=1S/C23H30N2O2/c1-3-25(4-2)16-17-27-20-14-12-19(13-15-20)24-23(26)22-11-7-9-18-8-5-6-10-21(18)22/h5-6,8,10,12-15,22H,3-4,7,9,11,16-17H2,1-2H3,(H,24,26). The third kappa shape index (κ3) is 5.10. The van der Waals surface area contributed by atoms with Crippen LogP contribution in [-0.2, 0) is 11.2 Å². The zero-order chi connectivity index (χ0) is 19.1. The summed E-state index contributed by atoms with van der Waals surface area (Å²) in [4.78, 5) is 15.1. The van der Waals surface area contributed by atoms with E-state index in [1.54, 1.807) is 0 Å². The minimum atomic E-state index is -0.0556. The molecule has 0 bridgehead atoms. The quantitative estimate of drug-likeness (QED) is 0.750. The van der Waals surface area contributed by atoms with Crippen molar-refractivity contribution in [3.63, 3.8) is 0 Å². The van der Waals surface area contributed by atoms with Crippen LogP contribution in [0.2, 0.25) is 0 Å². The summed E-state index contributed by atoms with van der Waals surface area (Å²) < 4.78 is 5.81. The number of amides is 1. The smallest absolute Gasteiger partial charge is 0.231 e. The molecule has 2 aromatic carbocycles. The van der Waals surface area contributed by atoms with Gasteiger partial charge in [0.15, 0.2) is 0 Å². The maximum absolute atomic E-state index is 12.8. The maximum atomic E-state index is 12.8. The van der Waals surface area contributed by atoms with Crippen LogP contribution in [0.25, 0.3) is 0 Å². The van der Waals surface area contributed by atoms with Gasteiger partial charge in [0.2, 0.25) is 5.91 Å². The van der Waals surface area contributed by atoms with Crippen molar-refractivity contribution in [1.29, 1.82) is 0 Å². The van der Waals surface area contributed by atoms with Gasteiger partial charge in [0, 0.05) is 12.2 Å². The Morgan fingerprint density at radius 2 is 1.85 bits per heavy atom. The first-order valence-electron chi connectivity index (χ1n) is 10.0. The molecule has 0 radical (unpaired) electrons. The number of nitrogens with zero attached hydrogens (tertiary/aromatic N) is 1. The summed E-state index contributed by atoms with van der Waals surface area (Å²) in [6, 6.07) is 16.0. The number of hydrogen-bond acceptors (Lipinski definition) is 3. The summed E-state index contributed by atoms with van der Waals surface area (Å²) in [5.74, 6) is 0.862. The number of benzene rings is 2. The topological polar surface area (TPSA) is 41.6 Å². The van der Waals surface area contributed by atoms with Crippen molar-refractivity contribution in [2.45, 2.75) is 39.0 Å². The highest BCUT2D eigenvalue weighted by atomic mass is 16.5. The summed E-state index contributed by atoms with van der Waals surface area (Å²) in [7, 11) is 0. The van der Waals surface area contributed by atoms with E-state index >= 15 is 0 Å². The molecule has 0 aliphatic heterocycles. The SMILES string of the molecule is CCN(CC)CCOc1ccc(NC(=O)C2CCCc3ccccc32)cc1. The molecule has 0 heterocycles. The van der Waals surface area contributed by atoms with Crippen molar-refractivity contribution >= 4 is 11.6 Å².